The Kier molecular flexibility index (Phi) is 5.50. The van der Waals surface area contributed by atoms with Crippen molar-refractivity contribution in [3.05, 3.63) is 95.9 Å². The second kappa shape index (κ2) is 8.55. The van der Waals surface area contributed by atoms with E-state index in [9.17, 15) is 0 Å². The fourth-order valence-electron chi connectivity index (χ4n) is 3.21. The van der Waals surface area contributed by atoms with Crippen molar-refractivity contribution in [2.24, 2.45) is 5.73 Å². The monoisotopic (exact) mass is 369 g/mol. The number of ether oxygens (including phenoxy) is 1. The molecule has 0 saturated heterocycles. The van der Waals surface area contributed by atoms with E-state index in [2.05, 4.69) is 40.3 Å². The summed E-state index contributed by atoms with van der Waals surface area (Å²) in [6, 6.07) is 20.3. The van der Waals surface area contributed by atoms with Crippen LogP contribution in [0.4, 0.5) is 0 Å². The van der Waals surface area contributed by atoms with Gasteiger partial charge in [-0.15, -0.1) is 0 Å². The minimum Gasteiger partial charge on any atom is -0.490 e. The van der Waals surface area contributed by atoms with Gasteiger partial charge in [0.25, 0.3) is 0 Å². The van der Waals surface area contributed by atoms with Gasteiger partial charge in [-0.25, -0.2) is 0 Å². The molecule has 4 aromatic rings. The molecule has 4 nitrogen and oxygen atoms in total. The maximum absolute atomic E-state index is 6.30. The van der Waals surface area contributed by atoms with Crippen LogP contribution in [0.3, 0.4) is 0 Å². The van der Waals surface area contributed by atoms with Crippen LogP contribution in [0, 0.1) is 0 Å². The number of nitrogens with two attached hydrogens (primary N) is 1. The maximum Gasteiger partial charge on any atom is 0.138 e. The van der Waals surface area contributed by atoms with E-state index >= 15 is 0 Å². The molecular weight excluding hydrogens is 346 g/mol. The number of nitrogens with zero attached hydrogens (tertiary/aromatic N) is 1. The minimum absolute atomic E-state index is 0.0947. The number of pyridine rings is 1. The Morgan fingerprint density at radius 2 is 1.75 bits per heavy atom. The number of para-hydroxylation sites is 1. The highest BCUT2D eigenvalue weighted by atomic mass is 16.5. The molecule has 0 bridgehead atoms. The van der Waals surface area contributed by atoms with Crippen molar-refractivity contribution in [1.29, 1.82) is 0 Å². The fraction of sp³-hybridized carbons (Fsp3) is 0.125. The lowest BCUT2D eigenvalue weighted by Gasteiger charge is -2.13. The highest BCUT2D eigenvalue weighted by Crippen LogP contribution is 2.19. The summed E-state index contributed by atoms with van der Waals surface area (Å²) in [7, 11) is 0. The van der Waals surface area contributed by atoms with Crippen LogP contribution in [0.25, 0.3) is 23.1 Å². The van der Waals surface area contributed by atoms with Gasteiger partial charge in [0.05, 0.1) is 6.20 Å². The van der Waals surface area contributed by atoms with Crippen molar-refractivity contribution in [2.75, 3.05) is 6.61 Å². The predicted molar refractivity (Wildman–Crippen MR) is 115 cm³/mol. The van der Waals surface area contributed by atoms with Crippen LogP contribution in [0.1, 0.15) is 16.7 Å². The first-order valence-electron chi connectivity index (χ1n) is 9.39. The Hall–Kier alpha value is -3.37. The van der Waals surface area contributed by atoms with E-state index in [1.165, 1.54) is 10.9 Å². The first-order chi connectivity index (χ1) is 13.8. The normalized spacial score (nSPS) is 12.5. The van der Waals surface area contributed by atoms with Gasteiger partial charge in [-0.2, -0.15) is 0 Å². The Morgan fingerprint density at radius 1 is 0.964 bits per heavy atom. The second-order valence-corrected chi connectivity index (χ2v) is 6.83. The van der Waals surface area contributed by atoms with Crippen molar-refractivity contribution < 1.29 is 4.74 Å². The van der Waals surface area contributed by atoms with Gasteiger partial charge in [0.15, 0.2) is 0 Å². The third kappa shape index (κ3) is 4.48. The molecule has 4 rings (SSSR count). The molecule has 0 saturated carbocycles. The van der Waals surface area contributed by atoms with E-state index in [0.717, 1.165) is 28.8 Å². The number of H-pyrrole nitrogens is 1. The van der Waals surface area contributed by atoms with Crippen molar-refractivity contribution in [3.63, 3.8) is 0 Å². The molecule has 0 aliphatic carbocycles. The maximum atomic E-state index is 6.30. The first kappa shape index (κ1) is 18.0. The highest BCUT2D eigenvalue weighted by molar-refractivity contribution is 5.83. The molecule has 2 aromatic carbocycles. The highest BCUT2D eigenvalue weighted by Gasteiger charge is 2.10. The standard InChI is InChI=1S/C24H23N3O/c25-21(13-20-15-27-24-9-5-4-8-23(20)24)17-28-22-12-19(14-26-16-22)11-10-18-6-2-1-3-7-18/h1-12,14-16,21,27H,13,17,25H2/b11-10+/t21-/m0/s1. The van der Waals surface area contributed by atoms with Gasteiger partial charge in [0, 0.05) is 29.3 Å². The van der Waals surface area contributed by atoms with E-state index < -0.39 is 0 Å². The molecule has 0 amide bonds. The molecule has 0 aliphatic rings. The summed E-state index contributed by atoms with van der Waals surface area (Å²) in [5.41, 5.74) is 10.8. The van der Waals surface area contributed by atoms with Crippen molar-refractivity contribution in [1.82, 2.24) is 9.97 Å². The van der Waals surface area contributed by atoms with Crippen LogP contribution >= 0.6 is 0 Å². The first-order valence-corrected chi connectivity index (χ1v) is 9.39. The number of hydrogen-bond donors (Lipinski definition) is 2. The van der Waals surface area contributed by atoms with E-state index in [1.807, 2.05) is 54.9 Å². The van der Waals surface area contributed by atoms with Gasteiger partial charge in [-0.05, 0) is 35.2 Å². The molecule has 0 aliphatic heterocycles. The molecular formula is C24H23N3O. The van der Waals surface area contributed by atoms with Crippen LogP contribution in [-0.2, 0) is 6.42 Å². The fourth-order valence-corrected chi connectivity index (χ4v) is 3.21. The van der Waals surface area contributed by atoms with Gasteiger partial charge in [0.2, 0.25) is 0 Å². The van der Waals surface area contributed by atoms with Gasteiger partial charge in [-0.1, -0.05) is 60.7 Å². The molecule has 0 spiro atoms. The number of rotatable bonds is 7. The zero-order chi connectivity index (χ0) is 19.2. The molecule has 0 radical (unpaired) electrons. The van der Waals surface area contributed by atoms with Crippen LogP contribution < -0.4 is 10.5 Å². The number of hydrogen-bond acceptors (Lipinski definition) is 3. The van der Waals surface area contributed by atoms with Crippen molar-refractivity contribution in [3.8, 4) is 5.75 Å². The molecule has 2 aromatic heterocycles. The van der Waals surface area contributed by atoms with E-state index in [-0.39, 0.29) is 6.04 Å². The average molecular weight is 369 g/mol. The number of aromatic nitrogens is 2. The molecule has 3 N–H and O–H groups in total. The van der Waals surface area contributed by atoms with Gasteiger partial charge in [-0.3, -0.25) is 4.98 Å². The van der Waals surface area contributed by atoms with E-state index in [4.69, 9.17) is 10.5 Å². The summed E-state index contributed by atoms with van der Waals surface area (Å²) in [6.45, 7) is 0.438. The Labute approximate surface area is 164 Å². The third-order valence-corrected chi connectivity index (χ3v) is 4.62. The lowest BCUT2D eigenvalue weighted by molar-refractivity contribution is 0.287. The third-order valence-electron chi connectivity index (χ3n) is 4.62. The summed E-state index contributed by atoms with van der Waals surface area (Å²) >= 11 is 0. The van der Waals surface area contributed by atoms with Crippen LogP contribution in [0.5, 0.6) is 5.75 Å². The number of fused-ring (bicyclic) bond motifs is 1. The summed E-state index contributed by atoms with van der Waals surface area (Å²) in [5.74, 6) is 0.726. The van der Waals surface area contributed by atoms with Gasteiger partial charge in [0.1, 0.15) is 12.4 Å². The zero-order valence-electron chi connectivity index (χ0n) is 15.6. The number of aromatic amines is 1. The summed E-state index contributed by atoms with van der Waals surface area (Å²) in [6.07, 6.45) is 10.4. The quantitative estimate of drug-likeness (QED) is 0.497. The predicted octanol–water partition coefficient (Wildman–Crippen LogP) is 4.68. The molecule has 4 heteroatoms. The number of nitrogens with one attached hydrogen (secondary N) is 1. The number of benzene rings is 2. The average Bonchev–Trinajstić information content (AvgIpc) is 3.15. The SMILES string of the molecule is N[C@H](COc1cncc(/C=C/c2ccccc2)c1)Cc1c[nH]c2ccccc12. The minimum atomic E-state index is -0.0947. The molecule has 2 heterocycles. The zero-order valence-corrected chi connectivity index (χ0v) is 15.6. The topological polar surface area (TPSA) is 63.9 Å². The van der Waals surface area contributed by atoms with Gasteiger partial charge >= 0.3 is 0 Å². The van der Waals surface area contributed by atoms with Crippen LogP contribution in [0.2, 0.25) is 0 Å². The van der Waals surface area contributed by atoms with E-state index in [0.29, 0.717) is 6.61 Å². The molecule has 1 atom stereocenters. The smallest absolute Gasteiger partial charge is 0.138 e. The van der Waals surface area contributed by atoms with Crippen LogP contribution in [0.15, 0.2) is 79.3 Å². The van der Waals surface area contributed by atoms with Crippen molar-refractivity contribution >= 4 is 23.1 Å². The van der Waals surface area contributed by atoms with Gasteiger partial charge < -0.3 is 15.5 Å². The molecule has 0 fully saturated rings. The Morgan fingerprint density at radius 3 is 2.64 bits per heavy atom. The molecule has 28 heavy (non-hydrogen) atoms. The summed E-state index contributed by atoms with van der Waals surface area (Å²) in [5, 5.41) is 1.22. The molecule has 0 unspecified atom stereocenters. The lowest BCUT2D eigenvalue weighted by atomic mass is 10.1. The summed E-state index contributed by atoms with van der Waals surface area (Å²) < 4.78 is 5.89. The Bertz CT molecular complexity index is 1070. The van der Waals surface area contributed by atoms with Crippen LogP contribution in [-0.4, -0.2) is 22.6 Å². The lowest BCUT2D eigenvalue weighted by Crippen LogP contribution is -2.30. The van der Waals surface area contributed by atoms with E-state index in [1.54, 1.807) is 6.20 Å². The Balaban J connectivity index is 1.36. The van der Waals surface area contributed by atoms with Crippen molar-refractivity contribution in [2.45, 2.75) is 12.5 Å². The summed E-state index contributed by atoms with van der Waals surface area (Å²) in [4.78, 5) is 7.56. The molecule has 140 valence electrons. The largest absolute Gasteiger partial charge is 0.490 e. The second-order valence-electron chi connectivity index (χ2n) is 6.83.